The minimum Gasteiger partial charge on any atom is -0.493 e. The number of para-hydroxylation sites is 1. The first-order valence-corrected chi connectivity index (χ1v) is 11.2. The van der Waals surface area contributed by atoms with E-state index in [0.29, 0.717) is 10.9 Å². The Hall–Kier alpha value is -4.24. The SMILES string of the molecule is O=C(O)Cn1c(O)c(N=NC2=NC(=O)C(c3ccccc3)(c3ccccc3)S2)c2ccccc21. The molecular formula is C25H18N4O4S. The van der Waals surface area contributed by atoms with Crippen LogP contribution in [0.5, 0.6) is 5.88 Å². The number of aromatic hydroxyl groups is 1. The van der Waals surface area contributed by atoms with E-state index in [2.05, 4.69) is 15.2 Å². The Bertz CT molecular complexity index is 1420. The highest BCUT2D eigenvalue weighted by atomic mass is 32.2. The van der Waals surface area contributed by atoms with Crippen molar-refractivity contribution in [3.63, 3.8) is 0 Å². The number of carbonyl (C=O) groups excluding carboxylic acids is 1. The Balaban J connectivity index is 1.55. The van der Waals surface area contributed by atoms with Crippen molar-refractivity contribution in [3.8, 4) is 5.88 Å². The van der Waals surface area contributed by atoms with Gasteiger partial charge in [0, 0.05) is 5.39 Å². The molecule has 1 aliphatic rings. The Labute approximate surface area is 198 Å². The van der Waals surface area contributed by atoms with Crippen molar-refractivity contribution >= 4 is 45.4 Å². The van der Waals surface area contributed by atoms with Crippen LogP contribution in [0.4, 0.5) is 5.69 Å². The number of azo groups is 1. The molecule has 8 nitrogen and oxygen atoms in total. The summed E-state index contributed by atoms with van der Waals surface area (Å²) in [6, 6.07) is 25.6. The van der Waals surface area contributed by atoms with E-state index in [1.807, 2.05) is 60.7 Å². The Morgan fingerprint density at radius 1 is 0.912 bits per heavy atom. The van der Waals surface area contributed by atoms with Crippen molar-refractivity contribution in [3.05, 3.63) is 96.1 Å². The molecule has 1 aromatic heterocycles. The molecule has 9 heteroatoms. The number of nitrogens with zero attached hydrogens (tertiary/aromatic N) is 4. The maximum absolute atomic E-state index is 13.3. The lowest BCUT2D eigenvalue weighted by atomic mass is 9.89. The van der Waals surface area contributed by atoms with Crippen LogP contribution in [0.2, 0.25) is 0 Å². The van der Waals surface area contributed by atoms with Crippen LogP contribution in [0, 0.1) is 0 Å². The van der Waals surface area contributed by atoms with E-state index >= 15 is 0 Å². The monoisotopic (exact) mass is 470 g/mol. The van der Waals surface area contributed by atoms with Crippen LogP contribution in [0.3, 0.4) is 0 Å². The first-order chi connectivity index (χ1) is 16.5. The number of rotatable bonds is 5. The topological polar surface area (TPSA) is 117 Å². The van der Waals surface area contributed by atoms with Crippen LogP contribution in [-0.2, 0) is 20.9 Å². The first-order valence-electron chi connectivity index (χ1n) is 10.4. The second-order valence-corrected chi connectivity index (χ2v) is 8.77. The van der Waals surface area contributed by atoms with Gasteiger partial charge in [-0.3, -0.25) is 14.2 Å². The molecule has 0 atom stereocenters. The third-order valence-electron chi connectivity index (χ3n) is 5.55. The quantitative estimate of drug-likeness (QED) is 0.394. The molecule has 0 fully saturated rings. The molecule has 2 heterocycles. The van der Waals surface area contributed by atoms with Gasteiger partial charge in [-0.1, -0.05) is 90.6 Å². The molecule has 0 saturated carbocycles. The molecule has 0 radical (unpaired) electrons. The average Bonchev–Trinajstić information content (AvgIpc) is 3.33. The Kier molecular flexibility index (Phi) is 5.46. The van der Waals surface area contributed by atoms with Gasteiger partial charge < -0.3 is 10.2 Å². The molecule has 2 N–H and O–H groups in total. The summed E-state index contributed by atoms with van der Waals surface area (Å²) in [6.07, 6.45) is 0. The largest absolute Gasteiger partial charge is 0.493 e. The molecule has 1 amide bonds. The van der Waals surface area contributed by atoms with Crippen LogP contribution in [0.1, 0.15) is 11.1 Å². The van der Waals surface area contributed by atoms with E-state index in [0.717, 1.165) is 11.1 Å². The molecule has 5 rings (SSSR count). The van der Waals surface area contributed by atoms with Crippen LogP contribution >= 0.6 is 11.8 Å². The number of benzene rings is 3. The standard InChI is InChI=1S/C25H18N4O4S/c30-20(31)15-29-19-14-8-7-13-18(19)21(22(29)32)27-28-24-26-23(33)25(34-24,16-9-3-1-4-10-16)17-11-5-2-6-12-17/h1-14,32H,15H2,(H,30,31). The van der Waals surface area contributed by atoms with Crippen molar-refractivity contribution in [2.45, 2.75) is 11.3 Å². The van der Waals surface area contributed by atoms with Gasteiger partial charge in [0.2, 0.25) is 11.0 Å². The lowest BCUT2D eigenvalue weighted by Gasteiger charge is -2.26. The highest BCUT2D eigenvalue weighted by Gasteiger charge is 2.48. The minimum atomic E-state index is -1.10. The summed E-state index contributed by atoms with van der Waals surface area (Å²) < 4.78 is 0.148. The van der Waals surface area contributed by atoms with Crippen LogP contribution in [0.15, 0.2) is 100 Å². The summed E-state index contributed by atoms with van der Waals surface area (Å²) >= 11 is 1.18. The molecule has 0 aliphatic carbocycles. The zero-order valence-corrected chi connectivity index (χ0v) is 18.5. The summed E-state index contributed by atoms with van der Waals surface area (Å²) in [7, 11) is 0. The van der Waals surface area contributed by atoms with Crippen molar-refractivity contribution < 1.29 is 19.8 Å². The second kappa shape index (κ2) is 8.60. The zero-order valence-electron chi connectivity index (χ0n) is 17.7. The number of hydrogen-bond acceptors (Lipinski definition) is 6. The van der Waals surface area contributed by atoms with Crippen LogP contribution < -0.4 is 0 Å². The predicted molar refractivity (Wildman–Crippen MR) is 129 cm³/mol. The van der Waals surface area contributed by atoms with Crippen molar-refractivity contribution in [1.29, 1.82) is 0 Å². The predicted octanol–water partition coefficient (Wildman–Crippen LogP) is 5.09. The van der Waals surface area contributed by atoms with Crippen molar-refractivity contribution in [2.24, 2.45) is 15.2 Å². The molecule has 0 unspecified atom stereocenters. The number of aliphatic imine (C=N–C) groups is 1. The number of fused-ring (bicyclic) bond motifs is 1. The van der Waals surface area contributed by atoms with Gasteiger partial charge in [0.1, 0.15) is 6.54 Å². The number of carboxylic acids is 1. The fraction of sp³-hybridized carbons (Fsp3) is 0.0800. The van der Waals surface area contributed by atoms with E-state index in [1.165, 1.54) is 16.3 Å². The summed E-state index contributed by atoms with van der Waals surface area (Å²) in [5.74, 6) is -1.79. The lowest BCUT2D eigenvalue weighted by molar-refractivity contribution is -0.137. The molecular weight excluding hydrogens is 452 g/mol. The fourth-order valence-corrected chi connectivity index (χ4v) is 5.17. The van der Waals surface area contributed by atoms with Gasteiger partial charge in [-0.05, 0) is 17.2 Å². The van der Waals surface area contributed by atoms with Crippen molar-refractivity contribution in [1.82, 2.24) is 4.57 Å². The maximum Gasteiger partial charge on any atom is 0.323 e. The number of amidine groups is 1. The highest BCUT2D eigenvalue weighted by molar-refractivity contribution is 8.16. The number of thioether (sulfide) groups is 1. The minimum absolute atomic E-state index is 0.115. The molecule has 0 saturated heterocycles. The molecule has 1 aliphatic heterocycles. The van der Waals surface area contributed by atoms with Gasteiger partial charge in [-0.25, -0.2) is 0 Å². The lowest BCUT2D eigenvalue weighted by Crippen LogP contribution is -2.29. The molecule has 0 bridgehead atoms. The number of amides is 1. The zero-order chi connectivity index (χ0) is 23.7. The van der Waals surface area contributed by atoms with E-state index in [4.69, 9.17) is 0 Å². The van der Waals surface area contributed by atoms with Crippen LogP contribution in [0.25, 0.3) is 10.9 Å². The van der Waals surface area contributed by atoms with E-state index in [1.54, 1.807) is 24.3 Å². The second-order valence-electron chi connectivity index (χ2n) is 7.58. The third kappa shape index (κ3) is 3.56. The molecule has 3 aromatic carbocycles. The number of carbonyl (C=O) groups is 2. The number of aliphatic carboxylic acids is 1. The highest BCUT2D eigenvalue weighted by Crippen LogP contribution is 2.49. The summed E-state index contributed by atoms with van der Waals surface area (Å²) in [5.41, 5.74) is 2.16. The van der Waals surface area contributed by atoms with Gasteiger partial charge >= 0.3 is 5.97 Å². The molecule has 0 spiro atoms. The summed E-state index contributed by atoms with van der Waals surface area (Å²) in [4.78, 5) is 28.7. The molecule has 34 heavy (non-hydrogen) atoms. The van der Waals surface area contributed by atoms with E-state index in [-0.39, 0.29) is 22.6 Å². The Morgan fingerprint density at radius 3 is 2.12 bits per heavy atom. The number of hydrogen-bond donors (Lipinski definition) is 2. The first kappa shape index (κ1) is 21.6. The van der Waals surface area contributed by atoms with Gasteiger partial charge in [-0.2, -0.15) is 4.99 Å². The normalized spacial score (nSPS) is 15.2. The molecule has 4 aromatic rings. The van der Waals surface area contributed by atoms with E-state index in [9.17, 15) is 19.8 Å². The number of carboxylic acid groups (broad SMARTS) is 1. The van der Waals surface area contributed by atoms with Gasteiger partial charge in [0.05, 0.1) is 5.52 Å². The maximum atomic E-state index is 13.3. The van der Waals surface area contributed by atoms with Crippen molar-refractivity contribution in [2.75, 3.05) is 0 Å². The van der Waals surface area contributed by atoms with Gasteiger partial charge in [-0.15, -0.1) is 10.2 Å². The van der Waals surface area contributed by atoms with Crippen LogP contribution in [-0.4, -0.2) is 31.8 Å². The molecule has 168 valence electrons. The summed E-state index contributed by atoms with van der Waals surface area (Å²) in [6.45, 7) is -0.429. The smallest absolute Gasteiger partial charge is 0.323 e. The van der Waals surface area contributed by atoms with Gasteiger partial charge in [0.25, 0.3) is 5.91 Å². The van der Waals surface area contributed by atoms with E-state index < -0.39 is 17.3 Å². The average molecular weight is 471 g/mol. The summed E-state index contributed by atoms with van der Waals surface area (Å²) in [5, 5.41) is 29.0. The fourth-order valence-electron chi connectivity index (χ4n) is 4.05. The Morgan fingerprint density at radius 2 is 1.50 bits per heavy atom. The van der Waals surface area contributed by atoms with Gasteiger partial charge in [0.15, 0.2) is 10.4 Å². The number of aromatic nitrogens is 1. The third-order valence-corrected chi connectivity index (χ3v) is 6.86.